The topological polar surface area (TPSA) is 127 Å². The van der Waals surface area contributed by atoms with Crippen molar-refractivity contribution in [2.24, 2.45) is 5.73 Å². The maximum Gasteiger partial charge on any atom is 0.292 e. The van der Waals surface area contributed by atoms with Gasteiger partial charge in [-0.3, -0.25) is 19.7 Å². The molecule has 4 N–H and O–H groups in total. The Bertz CT molecular complexity index is 530. The number of nitro groups is 1. The molecule has 8 heteroatoms. The first-order chi connectivity index (χ1) is 9.45. The molecule has 1 aromatic rings. The van der Waals surface area contributed by atoms with Gasteiger partial charge in [0.25, 0.3) is 11.6 Å². The first-order valence-electron chi connectivity index (χ1n) is 5.98. The Hall–Kier alpha value is -2.64. The van der Waals surface area contributed by atoms with E-state index in [4.69, 9.17) is 5.73 Å². The van der Waals surface area contributed by atoms with Crippen molar-refractivity contribution in [1.29, 1.82) is 0 Å². The molecule has 0 saturated heterocycles. The van der Waals surface area contributed by atoms with Crippen LogP contribution in [0.5, 0.6) is 0 Å². The lowest BCUT2D eigenvalue weighted by Gasteiger charge is -2.08. The summed E-state index contributed by atoms with van der Waals surface area (Å²) in [7, 11) is 1.48. The van der Waals surface area contributed by atoms with Gasteiger partial charge in [0, 0.05) is 31.6 Å². The van der Waals surface area contributed by atoms with E-state index in [1.165, 1.54) is 25.2 Å². The van der Waals surface area contributed by atoms with Gasteiger partial charge in [-0.1, -0.05) is 0 Å². The number of hydrogen-bond acceptors (Lipinski definition) is 5. The van der Waals surface area contributed by atoms with Crippen molar-refractivity contribution in [3.63, 3.8) is 0 Å². The highest BCUT2D eigenvalue weighted by Gasteiger charge is 2.16. The summed E-state index contributed by atoms with van der Waals surface area (Å²) in [5.74, 6) is -0.763. The standard InChI is InChI=1S/C12H16N4O4/c1-14-12(18)8-4-5-10(16(19)20)9(7-8)15-6-2-3-11(13)17/h4-5,7,15H,2-3,6H2,1H3,(H2,13,17)(H,14,18). The second-order valence-electron chi connectivity index (χ2n) is 4.06. The van der Waals surface area contributed by atoms with E-state index in [1.807, 2.05) is 0 Å². The lowest BCUT2D eigenvalue weighted by atomic mass is 10.1. The van der Waals surface area contributed by atoms with E-state index in [0.717, 1.165) is 0 Å². The second-order valence-corrected chi connectivity index (χ2v) is 4.06. The van der Waals surface area contributed by atoms with E-state index in [9.17, 15) is 19.7 Å². The van der Waals surface area contributed by atoms with Gasteiger partial charge in [0.1, 0.15) is 5.69 Å². The molecule has 1 rings (SSSR count). The Labute approximate surface area is 115 Å². The molecular formula is C12H16N4O4. The van der Waals surface area contributed by atoms with Gasteiger partial charge in [-0.2, -0.15) is 0 Å². The van der Waals surface area contributed by atoms with Gasteiger partial charge in [-0.05, 0) is 18.6 Å². The van der Waals surface area contributed by atoms with Crippen molar-refractivity contribution >= 4 is 23.2 Å². The molecule has 0 aliphatic carbocycles. The zero-order chi connectivity index (χ0) is 15.1. The van der Waals surface area contributed by atoms with Crippen molar-refractivity contribution in [3.8, 4) is 0 Å². The van der Waals surface area contributed by atoms with Crippen LogP contribution in [0.25, 0.3) is 0 Å². The highest BCUT2D eigenvalue weighted by molar-refractivity contribution is 5.95. The number of amides is 2. The lowest BCUT2D eigenvalue weighted by Crippen LogP contribution is -2.18. The molecule has 0 aliphatic heterocycles. The number of nitrogens with zero attached hydrogens (tertiary/aromatic N) is 1. The van der Waals surface area contributed by atoms with Crippen molar-refractivity contribution in [2.45, 2.75) is 12.8 Å². The molecule has 0 heterocycles. The van der Waals surface area contributed by atoms with Crippen LogP contribution in [-0.2, 0) is 4.79 Å². The van der Waals surface area contributed by atoms with Crippen LogP contribution < -0.4 is 16.4 Å². The number of primary amides is 1. The van der Waals surface area contributed by atoms with E-state index in [-0.39, 0.29) is 23.7 Å². The van der Waals surface area contributed by atoms with Gasteiger partial charge in [0.15, 0.2) is 0 Å². The molecule has 0 unspecified atom stereocenters. The molecule has 0 bridgehead atoms. The maximum absolute atomic E-state index is 11.5. The van der Waals surface area contributed by atoms with Crippen LogP contribution in [0.2, 0.25) is 0 Å². The Morgan fingerprint density at radius 1 is 1.40 bits per heavy atom. The molecule has 0 fully saturated rings. The normalized spacial score (nSPS) is 9.85. The zero-order valence-corrected chi connectivity index (χ0v) is 11.0. The molecular weight excluding hydrogens is 264 g/mol. The molecule has 0 saturated carbocycles. The van der Waals surface area contributed by atoms with Crippen LogP contribution in [-0.4, -0.2) is 30.3 Å². The van der Waals surface area contributed by atoms with Crippen LogP contribution in [0.3, 0.4) is 0 Å². The van der Waals surface area contributed by atoms with Crippen LogP contribution in [0.4, 0.5) is 11.4 Å². The van der Waals surface area contributed by atoms with Crippen molar-refractivity contribution < 1.29 is 14.5 Å². The second kappa shape index (κ2) is 7.07. The molecule has 8 nitrogen and oxygen atoms in total. The van der Waals surface area contributed by atoms with Gasteiger partial charge in [0.2, 0.25) is 5.91 Å². The molecule has 0 aromatic heterocycles. The predicted molar refractivity (Wildman–Crippen MR) is 73.4 cm³/mol. The van der Waals surface area contributed by atoms with E-state index in [0.29, 0.717) is 18.5 Å². The van der Waals surface area contributed by atoms with Crippen molar-refractivity contribution in [1.82, 2.24) is 5.32 Å². The Morgan fingerprint density at radius 3 is 2.65 bits per heavy atom. The average molecular weight is 280 g/mol. The van der Waals surface area contributed by atoms with Crippen molar-refractivity contribution in [3.05, 3.63) is 33.9 Å². The number of nitrogens with one attached hydrogen (secondary N) is 2. The zero-order valence-electron chi connectivity index (χ0n) is 11.0. The third kappa shape index (κ3) is 4.23. The summed E-state index contributed by atoms with van der Waals surface area (Å²) < 4.78 is 0. The summed E-state index contributed by atoms with van der Waals surface area (Å²) in [4.78, 5) is 32.5. The Kier molecular flexibility index (Phi) is 5.45. The molecule has 20 heavy (non-hydrogen) atoms. The summed E-state index contributed by atoms with van der Waals surface area (Å²) >= 11 is 0. The monoisotopic (exact) mass is 280 g/mol. The summed E-state index contributed by atoms with van der Waals surface area (Å²) in [6.45, 7) is 0.348. The fourth-order valence-corrected chi connectivity index (χ4v) is 1.61. The molecule has 0 aliphatic rings. The minimum absolute atomic E-state index is 0.128. The number of carbonyl (C=O) groups is 2. The first kappa shape index (κ1) is 15.4. The molecule has 2 amide bonds. The number of hydrogen-bond donors (Lipinski definition) is 3. The van der Waals surface area contributed by atoms with E-state index >= 15 is 0 Å². The van der Waals surface area contributed by atoms with Crippen LogP contribution in [0.15, 0.2) is 18.2 Å². The quantitative estimate of drug-likeness (QED) is 0.383. The fraction of sp³-hybridized carbons (Fsp3) is 0.333. The fourth-order valence-electron chi connectivity index (χ4n) is 1.61. The highest BCUT2D eigenvalue weighted by atomic mass is 16.6. The third-order valence-electron chi connectivity index (χ3n) is 2.60. The molecule has 0 radical (unpaired) electrons. The third-order valence-corrected chi connectivity index (χ3v) is 2.60. The van der Waals surface area contributed by atoms with Gasteiger partial charge in [-0.15, -0.1) is 0 Å². The summed E-state index contributed by atoms with van der Waals surface area (Å²) in [5, 5.41) is 16.2. The predicted octanol–water partition coefficient (Wildman–Crippen LogP) is 0.632. The average Bonchev–Trinajstić information content (AvgIpc) is 2.42. The number of anilines is 1. The van der Waals surface area contributed by atoms with Crippen LogP contribution >= 0.6 is 0 Å². The van der Waals surface area contributed by atoms with Crippen LogP contribution in [0, 0.1) is 10.1 Å². The number of benzene rings is 1. The Morgan fingerprint density at radius 2 is 2.10 bits per heavy atom. The van der Waals surface area contributed by atoms with Crippen LogP contribution in [0.1, 0.15) is 23.2 Å². The summed E-state index contributed by atoms with van der Waals surface area (Å²) in [6.07, 6.45) is 0.645. The first-order valence-corrected chi connectivity index (χ1v) is 5.98. The van der Waals surface area contributed by atoms with Gasteiger partial charge in [0.05, 0.1) is 4.92 Å². The largest absolute Gasteiger partial charge is 0.379 e. The highest BCUT2D eigenvalue weighted by Crippen LogP contribution is 2.25. The maximum atomic E-state index is 11.5. The lowest BCUT2D eigenvalue weighted by molar-refractivity contribution is -0.384. The van der Waals surface area contributed by atoms with Crippen molar-refractivity contribution in [2.75, 3.05) is 18.9 Å². The van der Waals surface area contributed by atoms with E-state index in [1.54, 1.807) is 0 Å². The summed E-state index contributed by atoms with van der Waals surface area (Å²) in [5.41, 5.74) is 5.43. The van der Waals surface area contributed by atoms with E-state index < -0.39 is 10.8 Å². The Balaban J connectivity index is 2.86. The van der Waals surface area contributed by atoms with Gasteiger partial charge < -0.3 is 16.4 Å². The minimum Gasteiger partial charge on any atom is -0.379 e. The minimum atomic E-state index is -0.538. The molecule has 108 valence electrons. The molecule has 0 atom stereocenters. The number of nitro benzene ring substituents is 1. The van der Waals surface area contributed by atoms with E-state index in [2.05, 4.69) is 10.6 Å². The smallest absolute Gasteiger partial charge is 0.292 e. The number of carbonyl (C=O) groups excluding carboxylic acids is 2. The number of nitrogens with two attached hydrogens (primary N) is 1. The molecule has 0 spiro atoms. The van der Waals surface area contributed by atoms with Gasteiger partial charge >= 0.3 is 0 Å². The van der Waals surface area contributed by atoms with Gasteiger partial charge in [-0.25, -0.2) is 0 Å². The summed E-state index contributed by atoms with van der Waals surface area (Å²) in [6, 6.07) is 4.05. The molecule has 1 aromatic carbocycles. The number of rotatable bonds is 7. The SMILES string of the molecule is CNC(=O)c1ccc([N+](=O)[O-])c(NCCCC(N)=O)c1.